The minimum absolute atomic E-state index is 0.0148. The zero-order valence-electron chi connectivity index (χ0n) is 13.2. The fraction of sp³-hybridized carbons (Fsp3) is 0.188. The quantitative estimate of drug-likeness (QED) is 0.602. The van der Waals surface area contributed by atoms with Crippen molar-refractivity contribution >= 4 is 11.8 Å². The first-order chi connectivity index (χ1) is 12.1. The Labute approximate surface area is 141 Å². The minimum Gasteiger partial charge on any atom is -0.494 e. The van der Waals surface area contributed by atoms with Crippen LogP contribution in [0.3, 0.4) is 0 Å². The van der Waals surface area contributed by atoms with E-state index >= 15 is 0 Å². The summed E-state index contributed by atoms with van der Waals surface area (Å²) in [5.41, 5.74) is 1.12. The first kappa shape index (κ1) is 16.5. The summed E-state index contributed by atoms with van der Waals surface area (Å²) in [4.78, 5) is 18.5. The van der Waals surface area contributed by atoms with Crippen LogP contribution in [0.15, 0.2) is 35.2 Å². The molecule has 0 bridgehead atoms. The molecular formula is C16H15FN4O4. The minimum atomic E-state index is -1.21. The smallest absolute Gasteiger partial charge is 0.343 e. The third kappa shape index (κ3) is 3.44. The summed E-state index contributed by atoms with van der Waals surface area (Å²) < 4.78 is 23.6. The zero-order valence-corrected chi connectivity index (χ0v) is 13.2. The fourth-order valence-corrected chi connectivity index (χ4v) is 2.34. The Morgan fingerprint density at radius 2 is 2.32 bits per heavy atom. The number of methoxy groups -OCH3 is 1. The molecule has 2 aromatic heterocycles. The highest BCUT2D eigenvalue weighted by atomic mass is 19.1. The second kappa shape index (κ2) is 7.04. The number of anilines is 1. The summed E-state index contributed by atoms with van der Waals surface area (Å²) in [7, 11) is 1.32. The van der Waals surface area contributed by atoms with E-state index in [1.54, 1.807) is 12.5 Å². The van der Waals surface area contributed by atoms with Gasteiger partial charge in [-0.2, -0.15) is 0 Å². The van der Waals surface area contributed by atoms with Crippen LogP contribution in [0.5, 0.6) is 5.75 Å². The van der Waals surface area contributed by atoms with E-state index in [0.717, 1.165) is 5.69 Å². The molecule has 0 spiro atoms. The van der Waals surface area contributed by atoms with E-state index in [0.29, 0.717) is 18.5 Å². The number of halogens is 1. The number of nitrogens with one attached hydrogen (secondary N) is 2. The van der Waals surface area contributed by atoms with Crippen molar-refractivity contribution < 1.29 is 23.6 Å². The predicted octanol–water partition coefficient (Wildman–Crippen LogP) is 2.57. The molecule has 0 aliphatic carbocycles. The van der Waals surface area contributed by atoms with E-state index in [2.05, 4.69) is 20.4 Å². The number of rotatable bonds is 7. The van der Waals surface area contributed by atoms with Gasteiger partial charge in [0.1, 0.15) is 0 Å². The summed E-state index contributed by atoms with van der Waals surface area (Å²) in [5, 5.41) is 16.2. The highest BCUT2D eigenvalue weighted by molar-refractivity contribution is 5.99. The lowest BCUT2D eigenvalue weighted by Gasteiger charge is -2.05. The Morgan fingerprint density at radius 1 is 1.48 bits per heavy atom. The summed E-state index contributed by atoms with van der Waals surface area (Å²) in [6.07, 6.45) is 3.85. The number of H-pyrrole nitrogens is 1. The average Bonchev–Trinajstić information content (AvgIpc) is 3.25. The molecule has 9 heteroatoms. The van der Waals surface area contributed by atoms with Crippen molar-refractivity contribution in [3.63, 3.8) is 0 Å². The number of imidazole rings is 1. The fourth-order valence-electron chi connectivity index (χ4n) is 2.34. The molecule has 0 aliphatic rings. The number of carboxylic acid groups (broad SMARTS) is 1. The Balaban J connectivity index is 1.85. The molecule has 3 aromatic rings. The number of hydrogen-bond donors (Lipinski definition) is 3. The van der Waals surface area contributed by atoms with E-state index in [1.165, 1.54) is 25.3 Å². The van der Waals surface area contributed by atoms with E-state index < -0.39 is 11.8 Å². The molecule has 0 amide bonds. The maximum Gasteiger partial charge on any atom is 0.343 e. The molecule has 0 atom stereocenters. The molecule has 0 aliphatic heterocycles. The van der Waals surface area contributed by atoms with Gasteiger partial charge in [0.2, 0.25) is 0 Å². The largest absolute Gasteiger partial charge is 0.494 e. The second-order valence-electron chi connectivity index (χ2n) is 5.14. The van der Waals surface area contributed by atoms with Crippen LogP contribution in [0.25, 0.3) is 11.3 Å². The number of carboxylic acids is 1. The van der Waals surface area contributed by atoms with Crippen molar-refractivity contribution in [1.82, 2.24) is 15.1 Å². The van der Waals surface area contributed by atoms with Gasteiger partial charge >= 0.3 is 5.97 Å². The maximum atomic E-state index is 13.5. The topological polar surface area (TPSA) is 113 Å². The number of carbonyl (C=O) groups is 1. The summed E-state index contributed by atoms with van der Waals surface area (Å²) in [6.45, 7) is 0.432. The number of benzene rings is 1. The van der Waals surface area contributed by atoms with Crippen LogP contribution < -0.4 is 10.1 Å². The molecule has 0 unspecified atom stereocenters. The van der Waals surface area contributed by atoms with E-state index in [4.69, 9.17) is 9.26 Å². The molecular weight excluding hydrogens is 331 g/mol. The third-order valence-electron chi connectivity index (χ3n) is 3.56. The standard InChI is InChI=1S/C16H15FN4O4/c1-24-12-6-9(2-3-11(12)17)14-13(16(22)23)15(21-25-14)19-5-4-10-7-18-8-20-10/h2-3,6-8H,4-5H2,1H3,(H,18,20)(H,19,21)(H,22,23). The lowest BCUT2D eigenvalue weighted by atomic mass is 10.1. The summed E-state index contributed by atoms with van der Waals surface area (Å²) in [6, 6.07) is 3.93. The van der Waals surface area contributed by atoms with Crippen LogP contribution in [0, 0.1) is 5.82 Å². The van der Waals surface area contributed by atoms with Crippen molar-refractivity contribution in [2.45, 2.75) is 6.42 Å². The molecule has 3 N–H and O–H groups in total. The maximum absolute atomic E-state index is 13.5. The van der Waals surface area contributed by atoms with Crippen LogP contribution in [0.2, 0.25) is 0 Å². The molecule has 2 heterocycles. The van der Waals surface area contributed by atoms with Gasteiger partial charge in [0, 0.05) is 30.4 Å². The van der Waals surface area contributed by atoms with Gasteiger partial charge in [-0.25, -0.2) is 14.2 Å². The van der Waals surface area contributed by atoms with Gasteiger partial charge in [0.05, 0.1) is 13.4 Å². The second-order valence-corrected chi connectivity index (χ2v) is 5.14. The van der Waals surface area contributed by atoms with Crippen LogP contribution >= 0.6 is 0 Å². The first-order valence-corrected chi connectivity index (χ1v) is 7.38. The van der Waals surface area contributed by atoms with Gasteiger partial charge in [-0.15, -0.1) is 0 Å². The van der Waals surface area contributed by atoms with Crippen LogP contribution in [-0.4, -0.2) is 39.9 Å². The van der Waals surface area contributed by atoms with Gasteiger partial charge in [0.25, 0.3) is 0 Å². The molecule has 8 nitrogen and oxygen atoms in total. The monoisotopic (exact) mass is 346 g/mol. The number of aromatic nitrogens is 3. The van der Waals surface area contributed by atoms with Gasteiger partial charge < -0.3 is 24.7 Å². The predicted molar refractivity (Wildman–Crippen MR) is 86.2 cm³/mol. The molecule has 130 valence electrons. The molecule has 0 radical (unpaired) electrons. The van der Waals surface area contributed by atoms with Gasteiger partial charge in [-0.1, -0.05) is 5.16 Å². The normalized spacial score (nSPS) is 10.6. The summed E-state index contributed by atoms with van der Waals surface area (Å²) in [5.74, 6) is -1.65. The molecule has 0 saturated heterocycles. The van der Waals surface area contributed by atoms with Crippen LogP contribution in [-0.2, 0) is 6.42 Å². The summed E-state index contributed by atoms with van der Waals surface area (Å²) >= 11 is 0. The number of aromatic carboxylic acids is 1. The van der Waals surface area contributed by atoms with Crippen molar-refractivity contribution in [2.24, 2.45) is 0 Å². The molecule has 0 saturated carbocycles. The lowest BCUT2D eigenvalue weighted by Crippen LogP contribution is -2.09. The Kier molecular flexibility index (Phi) is 4.64. The van der Waals surface area contributed by atoms with Crippen molar-refractivity contribution in [1.29, 1.82) is 0 Å². The molecule has 3 rings (SSSR count). The average molecular weight is 346 g/mol. The van der Waals surface area contributed by atoms with Crippen LogP contribution in [0.4, 0.5) is 10.2 Å². The van der Waals surface area contributed by atoms with Crippen molar-refractivity contribution in [2.75, 3.05) is 19.0 Å². The number of ether oxygens (including phenoxy) is 1. The highest BCUT2D eigenvalue weighted by Gasteiger charge is 2.24. The zero-order chi connectivity index (χ0) is 17.8. The van der Waals surface area contributed by atoms with Crippen molar-refractivity contribution in [3.8, 4) is 17.1 Å². The highest BCUT2D eigenvalue weighted by Crippen LogP contribution is 2.32. The van der Waals surface area contributed by atoms with E-state index in [9.17, 15) is 14.3 Å². The molecule has 1 aromatic carbocycles. The van der Waals surface area contributed by atoms with E-state index in [-0.39, 0.29) is 22.9 Å². The number of hydrogen-bond acceptors (Lipinski definition) is 6. The third-order valence-corrected chi connectivity index (χ3v) is 3.56. The van der Waals surface area contributed by atoms with Crippen molar-refractivity contribution in [3.05, 3.63) is 47.8 Å². The number of nitrogens with zero attached hydrogens (tertiary/aromatic N) is 2. The van der Waals surface area contributed by atoms with Crippen LogP contribution in [0.1, 0.15) is 16.1 Å². The first-order valence-electron chi connectivity index (χ1n) is 7.38. The van der Waals surface area contributed by atoms with Gasteiger partial charge in [0.15, 0.2) is 28.7 Å². The molecule has 25 heavy (non-hydrogen) atoms. The Bertz CT molecular complexity index is 876. The lowest BCUT2D eigenvalue weighted by molar-refractivity contribution is 0.0698. The number of aromatic amines is 1. The Hall–Kier alpha value is -3.36. The SMILES string of the molecule is COc1cc(-c2onc(NCCc3cnc[nH]3)c2C(=O)O)ccc1F. The van der Waals surface area contributed by atoms with Gasteiger partial charge in [-0.05, 0) is 18.2 Å². The Morgan fingerprint density at radius 3 is 3.00 bits per heavy atom. The van der Waals surface area contributed by atoms with E-state index in [1.807, 2.05) is 0 Å². The van der Waals surface area contributed by atoms with Gasteiger partial charge in [-0.3, -0.25) is 0 Å². The molecule has 0 fully saturated rings.